The van der Waals surface area contributed by atoms with Gasteiger partial charge in [-0.15, -0.1) is 6.42 Å². The fraction of sp³-hybridized carbons (Fsp3) is 0.391. The standard InChI is InChI=1S/C23H23F2N5O3S/c1-5-12(2)33-18-10-27-16(9-28-18)20(31)29-13-6-14(19(25)15(24)7-13)22(3)17-8-23(17,11-32-4)34-21(26)30-22/h1,6-7,9-10,12,17H,8,11H2,2-4H3,(H2,26,30)(H,29,31)/t12-,17-,22+,23+/m0/s1. The van der Waals surface area contributed by atoms with Crippen molar-refractivity contribution in [2.75, 3.05) is 19.0 Å². The van der Waals surface area contributed by atoms with E-state index in [2.05, 4.69) is 26.2 Å². The van der Waals surface area contributed by atoms with Crippen LogP contribution in [0, 0.1) is 29.9 Å². The molecule has 0 spiro atoms. The van der Waals surface area contributed by atoms with Crippen LogP contribution in [0.25, 0.3) is 0 Å². The lowest BCUT2D eigenvalue weighted by Crippen LogP contribution is -2.38. The van der Waals surface area contributed by atoms with Crippen LogP contribution >= 0.6 is 11.8 Å². The van der Waals surface area contributed by atoms with E-state index in [1.54, 1.807) is 21.0 Å². The largest absolute Gasteiger partial charge is 0.460 e. The first-order chi connectivity index (χ1) is 16.1. The van der Waals surface area contributed by atoms with Crippen molar-refractivity contribution in [3.05, 3.63) is 47.4 Å². The Kier molecular flexibility index (Phi) is 6.22. The van der Waals surface area contributed by atoms with Gasteiger partial charge in [0.05, 0.1) is 29.3 Å². The Bertz CT molecular complexity index is 1200. The van der Waals surface area contributed by atoms with E-state index in [-0.39, 0.29) is 38.7 Å². The molecule has 1 saturated carbocycles. The number of nitrogens with two attached hydrogens (primary N) is 1. The molecule has 178 valence electrons. The smallest absolute Gasteiger partial charge is 0.275 e. The average molecular weight is 488 g/mol. The van der Waals surface area contributed by atoms with E-state index in [1.807, 2.05) is 0 Å². The molecule has 2 aliphatic rings. The molecular formula is C23H23F2N5O3S. The van der Waals surface area contributed by atoms with Gasteiger partial charge in [0.25, 0.3) is 5.91 Å². The highest BCUT2D eigenvalue weighted by atomic mass is 32.2. The number of hydrogen-bond donors (Lipinski definition) is 2. The van der Waals surface area contributed by atoms with Crippen LogP contribution in [0.5, 0.6) is 5.88 Å². The molecule has 4 rings (SSSR count). The van der Waals surface area contributed by atoms with E-state index in [1.165, 1.54) is 30.2 Å². The molecule has 1 aromatic carbocycles. The summed E-state index contributed by atoms with van der Waals surface area (Å²) < 4.78 is 39.9. The number of halogens is 2. The molecule has 3 N–H and O–H groups in total. The zero-order valence-corrected chi connectivity index (χ0v) is 19.6. The molecule has 1 aliphatic carbocycles. The lowest BCUT2D eigenvalue weighted by Gasteiger charge is -2.34. The van der Waals surface area contributed by atoms with Gasteiger partial charge in [0.2, 0.25) is 5.88 Å². The van der Waals surface area contributed by atoms with Crippen molar-refractivity contribution < 1.29 is 23.0 Å². The number of carbonyl (C=O) groups is 1. The Morgan fingerprint density at radius 1 is 1.41 bits per heavy atom. The van der Waals surface area contributed by atoms with Gasteiger partial charge >= 0.3 is 0 Å². The fourth-order valence-electron chi connectivity index (χ4n) is 4.26. The van der Waals surface area contributed by atoms with Gasteiger partial charge in [-0.2, -0.15) is 0 Å². The molecule has 2 aromatic rings. The number of thioether (sulfide) groups is 1. The number of amidine groups is 1. The summed E-state index contributed by atoms with van der Waals surface area (Å²) in [6, 6.07) is 2.28. The van der Waals surface area contributed by atoms with Crippen LogP contribution in [0.15, 0.2) is 29.5 Å². The summed E-state index contributed by atoms with van der Waals surface area (Å²) in [5.74, 6) is -0.380. The number of carbonyl (C=O) groups excluding carboxylic acids is 1. The minimum atomic E-state index is -1.12. The topological polar surface area (TPSA) is 112 Å². The maximum Gasteiger partial charge on any atom is 0.275 e. The van der Waals surface area contributed by atoms with Crippen LogP contribution in [0.4, 0.5) is 14.5 Å². The molecule has 11 heteroatoms. The van der Waals surface area contributed by atoms with Crippen LogP contribution in [0.2, 0.25) is 0 Å². The highest BCUT2D eigenvalue weighted by molar-refractivity contribution is 8.15. The Labute approximate surface area is 199 Å². The molecule has 1 aromatic heterocycles. The van der Waals surface area contributed by atoms with Crippen molar-refractivity contribution in [1.82, 2.24) is 9.97 Å². The van der Waals surface area contributed by atoms with Gasteiger partial charge in [0, 0.05) is 30.3 Å². The quantitative estimate of drug-likeness (QED) is 0.577. The molecule has 34 heavy (non-hydrogen) atoms. The normalized spacial score (nSPS) is 26.0. The number of fused-ring (bicyclic) bond motifs is 1. The Morgan fingerprint density at radius 3 is 2.82 bits per heavy atom. The summed E-state index contributed by atoms with van der Waals surface area (Å²) in [7, 11) is 1.58. The number of terminal acetylenes is 1. The summed E-state index contributed by atoms with van der Waals surface area (Å²) in [6.45, 7) is 3.78. The number of methoxy groups -OCH3 is 1. The first-order valence-electron chi connectivity index (χ1n) is 10.4. The molecule has 1 amide bonds. The van der Waals surface area contributed by atoms with E-state index in [4.69, 9.17) is 21.6 Å². The Morgan fingerprint density at radius 2 is 2.18 bits per heavy atom. The second kappa shape index (κ2) is 8.85. The molecule has 2 heterocycles. The van der Waals surface area contributed by atoms with E-state index < -0.39 is 29.2 Å². The summed E-state index contributed by atoms with van der Waals surface area (Å²) >= 11 is 1.39. The fourth-order valence-corrected chi connectivity index (χ4v) is 5.71. The van der Waals surface area contributed by atoms with Gasteiger partial charge in [-0.3, -0.25) is 9.79 Å². The summed E-state index contributed by atoms with van der Waals surface area (Å²) in [5.41, 5.74) is 4.94. The number of amides is 1. The molecule has 0 radical (unpaired) electrons. The maximum absolute atomic E-state index is 15.0. The van der Waals surface area contributed by atoms with Crippen LogP contribution in [-0.4, -0.2) is 45.6 Å². The van der Waals surface area contributed by atoms with Gasteiger partial charge in [-0.1, -0.05) is 17.7 Å². The predicted octanol–water partition coefficient (Wildman–Crippen LogP) is 3.09. The predicted molar refractivity (Wildman–Crippen MR) is 125 cm³/mol. The van der Waals surface area contributed by atoms with E-state index >= 15 is 0 Å². The third-order valence-corrected chi connectivity index (χ3v) is 7.24. The second-order valence-electron chi connectivity index (χ2n) is 8.39. The van der Waals surface area contributed by atoms with Crippen molar-refractivity contribution in [2.24, 2.45) is 16.6 Å². The summed E-state index contributed by atoms with van der Waals surface area (Å²) in [6.07, 6.45) is 7.88. The lowest BCUT2D eigenvalue weighted by molar-refractivity contribution is 0.102. The Hall–Kier alpha value is -3.23. The zero-order chi connectivity index (χ0) is 24.7. The molecule has 1 fully saturated rings. The van der Waals surface area contributed by atoms with Gasteiger partial charge in [-0.25, -0.2) is 18.7 Å². The highest BCUT2D eigenvalue weighted by Crippen LogP contribution is 2.66. The highest BCUT2D eigenvalue weighted by Gasteiger charge is 2.66. The molecule has 0 unspecified atom stereocenters. The number of aliphatic imine (C=N–C) groups is 1. The number of nitrogens with zero attached hydrogens (tertiary/aromatic N) is 3. The van der Waals surface area contributed by atoms with Crippen molar-refractivity contribution in [3.8, 4) is 18.2 Å². The molecule has 0 bridgehead atoms. The molecular weight excluding hydrogens is 464 g/mol. The van der Waals surface area contributed by atoms with E-state index in [0.717, 1.165) is 6.07 Å². The summed E-state index contributed by atoms with van der Waals surface area (Å²) in [4.78, 5) is 25.1. The van der Waals surface area contributed by atoms with Crippen LogP contribution in [0.1, 0.15) is 36.3 Å². The SMILES string of the molecule is C#C[C@H](C)Oc1cnc(C(=O)Nc2cc(F)c(F)c([C@@]3(C)N=C(N)S[C@@]4(COC)C[C@H]43)c2)cn1. The van der Waals surface area contributed by atoms with Crippen molar-refractivity contribution >= 4 is 28.5 Å². The van der Waals surface area contributed by atoms with Gasteiger partial charge in [0.15, 0.2) is 22.9 Å². The number of hydrogen-bond acceptors (Lipinski definition) is 8. The lowest BCUT2D eigenvalue weighted by atomic mass is 9.85. The Balaban J connectivity index is 1.60. The number of anilines is 1. The van der Waals surface area contributed by atoms with Gasteiger partial charge in [-0.05, 0) is 26.3 Å². The molecule has 1 aliphatic heterocycles. The molecule has 8 nitrogen and oxygen atoms in total. The average Bonchev–Trinajstić information content (AvgIpc) is 3.51. The van der Waals surface area contributed by atoms with Gasteiger partial charge < -0.3 is 20.5 Å². The third-order valence-electron chi connectivity index (χ3n) is 5.97. The van der Waals surface area contributed by atoms with Crippen molar-refractivity contribution in [2.45, 2.75) is 36.7 Å². The van der Waals surface area contributed by atoms with Crippen LogP contribution in [0.3, 0.4) is 0 Å². The number of benzene rings is 1. The van der Waals surface area contributed by atoms with Crippen molar-refractivity contribution in [3.63, 3.8) is 0 Å². The van der Waals surface area contributed by atoms with Gasteiger partial charge in [0.1, 0.15) is 5.69 Å². The minimum absolute atomic E-state index is 0.00660. The first-order valence-corrected chi connectivity index (χ1v) is 11.2. The van der Waals surface area contributed by atoms with E-state index in [9.17, 15) is 13.6 Å². The molecule has 4 atom stereocenters. The van der Waals surface area contributed by atoms with Crippen LogP contribution in [-0.2, 0) is 10.3 Å². The van der Waals surface area contributed by atoms with Crippen LogP contribution < -0.4 is 15.8 Å². The maximum atomic E-state index is 15.0. The third kappa shape index (κ3) is 4.31. The number of nitrogens with one attached hydrogen (secondary N) is 1. The van der Waals surface area contributed by atoms with E-state index in [0.29, 0.717) is 13.0 Å². The molecule has 0 saturated heterocycles. The number of aromatic nitrogens is 2. The van der Waals surface area contributed by atoms with Crippen molar-refractivity contribution in [1.29, 1.82) is 0 Å². The monoisotopic (exact) mass is 487 g/mol. The minimum Gasteiger partial charge on any atom is -0.460 e. The first kappa shape index (κ1) is 23.9. The second-order valence-corrected chi connectivity index (χ2v) is 9.83. The number of ether oxygens (including phenoxy) is 2. The zero-order valence-electron chi connectivity index (χ0n) is 18.8. The number of rotatable bonds is 7. The summed E-state index contributed by atoms with van der Waals surface area (Å²) in [5, 5.41) is 2.81.